The number of aromatic hydroxyl groups is 1. The first-order valence-electron chi connectivity index (χ1n) is 6.29. The van der Waals surface area contributed by atoms with Gasteiger partial charge in [0.25, 0.3) is 0 Å². The summed E-state index contributed by atoms with van der Waals surface area (Å²) in [4.78, 5) is 0. The highest BCUT2D eigenvalue weighted by Crippen LogP contribution is 2.29. The van der Waals surface area contributed by atoms with E-state index in [2.05, 4.69) is 6.92 Å². The number of rotatable bonds is 5. The molecular formula is C16H18O2. The van der Waals surface area contributed by atoms with Crippen molar-refractivity contribution >= 4 is 0 Å². The molecule has 0 radical (unpaired) electrons. The molecule has 2 heteroatoms. The smallest absolute Gasteiger partial charge is 0.126 e. The molecule has 0 spiro atoms. The van der Waals surface area contributed by atoms with Gasteiger partial charge in [0.05, 0.1) is 0 Å². The molecule has 2 aromatic rings. The van der Waals surface area contributed by atoms with E-state index in [-0.39, 0.29) is 0 Å². The number of phenolic OH excluding ortho intramolecular Hbond substituents is 1. The second-order valence-corrected chi connectivity index (χ2v) is 4.28. The van der Waals surface area contributed by atoms with Crippen LogP contribution in [-0.2, 0) is 13.0 Å². The second-order valence-electron chi connectivity index (χ2n) is 4.28. The minimum absolute atomic E-state index is 0.322. The molecule has 0 unspecified atom stereocenters. The van der Waals surface area contributed by atoms with Crippen LogP contribution < -0.4 is 4.74 Å². The van der Waals surface area contributed by atoms with Crippen molar-refractivity contribution < 1.29 is 9.84 Å². The Bertz CT molecular complexity index is 492. The number of ether oxygens (including phenoxy) is 1. The van der Waals surface area contributed by atoms with Crippen molar-refractivity contribution in [1.29, 1.82) is 0 Å². The van der Waals surface area contributed by atoms with E-state index in [1.54, 1.807) is 6.07 Å². The second kappa shape index (κ2) is 6.10. The number of hydrogen-bond donors (Lipinski definition) is 1. The maximum Gasteiger partial charge on any atom is 0.126 e. The normalized spacial score (nSPS) is 10.3. The van der Waals surface area contributed by atoms with Gasteiger partial charge in [-0.1, -0.05) is 49.7 Å². The van der Waals surface area contributed by atoms with Crippen LogP contribution in [-0.4, -0.2) is 5.11 Å². The standard InChI is InChI=1S/C16H18O2/c1-2-7-14-15(17)10-6-11-16(14)18-12-13-8-4-3-5-9-13/h3-6,8-11,17H,2,7,12H2,1H3. The molecule has 2 nitrogen and oxygen atoms in total. The van der Waals surface area contributed by atoms with Crippen LogP contribution in [0.25, 0.3) is 0 Å². The summed E-state index contributed by atoms with van der Waals surface area (Å²) in [5, 5.41) is 9.84. The first-order valence-corrected chi connectivity index (χ1v) is 6.29. The lowest BCUT2D eigenvalue weighted by Crippen LogP contribution is -1.98. The van der Waals surface area contributed by atoms with Gasteiger partial charge in [0.2, 0.25) is 0 Å². The Kier molecular flexibility index (Phi) is 4.24. The minimum Gasteiger partial charge on any atom is -0.508 e. The van der Waals surface area contributed by atoms with E-state index >= 15 is 0 Å². The van der Waals surface area contributed by atoms with E-state index in [4.69, 9.17) is 4.74 Å². The predicted molar refractivity (Wildman–Crippen MR) is 72.9 cm³/mol. The highest BCUT2D eigenvalue weighted by Gasteiger charge is 2.07. The van der Waals surface area contributed by atoms with Crippen LogP contribution >= 0.6 is 0 Å². The van der Waals surface area contributed by atoms with E-state index < -0.39 is 0 Å². The van der Waals surface area contributed by atoms with Crippen LogP contribution in [0, 0.1) is 0 Å². The van der Waals surface area contributed by atoms with Crippen molar-refractivity contribution in [1.82, 2.24) is 0 Å². The average molecular weight is 242 g/mol. The molecule has 94 valence electrons. The zero-order valence-electron chi connectivity index (χ0n) is 10.6. The van der Waals surface area contributed by atoms with Crippen molar-refractivity contribution in [3.05, 3.63) is 59.7 Å². The molecule has 0 aliphatic carbocycles. The van der Waals surface area contributed by atoms with Gasteiger partial charge in [-0.15, -0.1) is 0 Å². The summed E-state index contributed by atoms with van der Waals surface area (Å²) >= 11 is 0. The van der Waals surface area contributed by atoms with Gasteiger partial charge in [-0.05, 0) is 24.1 Å². The maximum absolute atomic E-state index is 9.84. The SMILES string of the molecule is CCCc1c(O)cccc1OCc1ccccc1. The van der Waals surface area contributed by atoms with Gasteiger partial charge in [-0.2, -0.15) is 0 Å². The molecule has 0 bridgehead atoms. The summed E-state index contributed by atoms with van der Waals surface area (Å²) in [6.07, 6.45) is 1.82. The van der Waals surface area contributed by atoms with Gasteiger partial charge >= 0.3 is 0 Å². The van der Waals surface area contributed by atoms with E-state index in [0.717, 1.165) is 29.7 Å². The summed E-state index contributed by atoms with van der Waals surface area (Å²) in [5.74, 6) is 1.10. The summed E-state index contributed by atoms with van der Waals surface area (Å²) in [6, 6.07) is 15.5. The molecule has 1 N–H and O–H groups in total. The first-order chi connectivity index (χ1) is 8.81. The quantitative estimate of drug-likeness (QED) is 0.861. The number of phenols is 1. The van der Waals surface area contributed by atoms with Gasteiger partial charge in [0.15, 0.2) is 0 Å². The van der Waals surface area contributed by atoms with Crippen LogP contribution in [0.2, 0.25) is 0 Å². The lowest BCUT2D eigenvalue weighted by Gasteiger charge is -2.12. The lowest BCUT2D eigenvalue weighted by molar-refractivity contribution is 0.300. The van der Waals surface area contributed by atoms with Crippen LogP contribution in [0.4, 0.5) is 0 Å². The monoisotopic (exact) mass is 242 g/mol. The van der Waals surface area contributed by atoms with Crippen molar-refractivity contribution in [2.45, 2.75) is 26.4 Å². The Balaban J connectivity index is 2.11. The van der Waals surface area contributed by atoms with Gasteiger partial charge in [-0.3, -0.25) is 0 Å². The molecule has 2 rings (SSSR count). The van der Waals surface area contributed by atoms with Crippen LogP contribution in [0.15, 0.2) is 48.5 Å². The molecule has 0 aliphatic rings. The van der Waals surface area contributed by atoms with Gasteiger partial charge in [0.1, 0.15) is 18.1 Å². The van der Waals surface area contributed by atoms with E-state index in [1.165, 1.54) is 0 Å². The zero-order valence-corrected chi connectivity index (χ0v) is 10.6. The maximum atomic E-state index is 9.84. The van der Waals surface area contributed by atoms with E-state index in [0.29, 0.717) is 12.4 Å². The fraction of sp³-hybridized carbons (Fsp3) is 0.250. The predicted octanol–water partition coefficient (Wildman–Crippen LogP) is 3.92. The topological polar surface area (TPSA) is 29.5 Å². The molecule has 0 fully saturated rings. The van der Waals surface area contributed by atoms with Gasteiger partial charge in [-0.25, -0.2) is 0 Å². The molecule has 0 saturated heterocycles. The van der Waals surface area contributed by atoms with Crippen molar-refractivity contribution in [3.8, 4) is 11.5 Å². The zero-order chi connectivity index (χ0) is 12.8. The highest BCUT2D eigenvalue weighted by atomic mass is 16.5. The average Bonchev–Trinajstić information content (AvgIpc) is 2.41. The van der Waals surface area contributed by atoms with Crippen molar-refractivity contribution in [2.24, 2.45) is 0 Å². The molecular weight excluding hydrogens is 224 g/mol. The Morgan fingerprint density at radius 3 is 2.50 bits per heavy atom. The third kappa shape index (κ3) is 3.04. The largest absolute Gasteiger partial charge is 0.508 e. The molecule has 0 aliphatic heterocycles. The first kappa shape index (κ1) is 12.5. The van der Waals surface area contributed by atoms with Crippen molar-refractivity contribution in [2.75, 3.05) is 0 Å². The Hall–Kier alpha value is -1.96. The van der Waals surface area contributed by atoms with Crippen LogP contribution in [0.1, 0.15) is 24.5 Å². The van der Waals surface area contributed by atoms with Crippen LogP contribution in [0.5, 0.6) is 11.5 Å². The lowest BCUT2D eigenvalue weighted by atomic mass is 10.1. The molecule has 0 amide bonds. The molecule has 18 heavy (non-hydrogen) atoms. The molecule has 0 aromatic heterocycles. The summed E-state index contributed by atoms with van der Waals surface area (Å²) in [7, 11) is 0. The molecule has 0 atom stereocenters. The van der Waals surface area contributed by atoms with Gasteiger partial charge < -0.3 is 9.84 Å². The fourth-order valence-electron chi connectivity index (χ4n) is 1.93. The number of hydrogen-bond acceptors (Lipinski definition) is 2. The Morgan fingerprint density at radius 2 is 1.78 bits per heavy atom. The number of benzene rings is 2. The summed E-state index contributed by atoms with van der Waals surface area (Å²) in [6.45, 7) is 2.62. The Morgan fingerprint density at radius 1 is 1.00 bits per heavy atom. The van der Waals surface area contributed by atoms with Gasteiger partial charge in [0, 0.05) is 5.56 Å². The fourth-order valence-corrected chi connectivity index (χ4v) is 1.93. The van der Waals surface area contributed by atoms with Crippen LogP contribution in [0.3, 0.4) is 0 Å². The minimum atomic E-state index is 0.322. The third-order valence-electron chi connectivity index (χ3n) is 2.85. The molecule has 0 heterocycles. The third-order valence-corrected chi connectivity index (χ3v) is 2.85. The molecule has 2 aromatic carbocycles. The van der Waals surface area contributed by atoms with Crippen molar-refractivity contribution in [3.63, 3.8) is 0 Å². The molecule has 0 saturated carbocycles. The van der Waals surface area contributed by atoms with E-state index in [9.17, 15) is 5.11 Å². The summed E-state index contributed by atoms with van der Waals surface area (Å²) < 4.78 is 5.80. The van der Waals surface area contributed by atoms with E-state index in [1.807, 2.05) is 42.5 Å². The Labute approximate surface area is 108 Å². The summed E-state index contributed by atoms with van der Waals surface area (Å²) in [5.41, 5.74) is 2.03. The highest BCUT2D eigenvalue weighted by molar-refractivity contribution is 5.44.